The van der Waals surface area contributed by atoms with Gasteiger partial charge in [0, 0.05) is 19.2 Å². The third kappa shape index (κ3) is 3.64. The van der Waals surface area contributed by atoms with E-state index in [-0.39, 0.29) is 24.3 Å². The second kappa shape index (κ2) is 8.04. The molecule has 1 aromatic heterocycles. The van der Waals surface area contributed by atoms with E-state index in [1.807, 2.05) is 0 Å². The van der Waals surface area contributed by atoms with Gasteiger partial charge < -0.3 is 10.2 Å². The van der Waals surface area contributed by atoms with Crippen LogP contribution in [0.5, 0.6) is 0 Å². The molecule has 7 heteroatoms. The zero-order valence-corrected chi connectivity index (χ0v) is 15.8. The average Bonchev–Trinajstić information content (AvgIpc) is 2.92. The molecule has 3 amide bonds. The number of likely N-dealkylation sites (N-methyl/N-ethyl adjacent to an activating group) is 1. The van der Waals surface area contributed by atoms with Crippen LogP contribution in [0.2, 0.25) is 0 Å². The number of nitrogens with one attached hydrogen (secondary N) is 1. The Morgan fingerprint density at radius 1 is 1.29 bits per heavy atom. The van der Waals surface area contributed by atoms with E-state index in [2.05, 4.69) is 23.5 Å². The largest absolute Gasteiger partial charge is 0.357 e. The highest BCUT2D eigenvalue weighted by molar-refractivity contribution is 6.19. The Hall–Kier alpha value is -3.48. The Kier molecular flexibility index (Phi) is 5.54. The highest BCUT2D eigenvalue weighted by atomic mass is 16.2. The van der Waals surface area contributed by atoms with Gasteiger partial charge in [-0.05, 0) is 30.5 Å². The number of imide groups is 1. The van der Waals surface area contributed by atoms with Crippen molar-refractivity contribution < 1.29 is 14.4 Å². The molecule has 0 unspecified atom stereocenters. The summed E-state index contributed by atoms with van der Waals surface area (Å²) < 4.78 is 0. The molecule has 7 nitrogen and oxygen atoms in total. The van der Waals surface area contributed by atoms with Crippen molar-refractivity contribution in [3.63, 3.8) is 0 Å². The fourth-order valence-electron chi connectivity index (χ4n) is 3.35. The molecule has 1 aromatic rings. The third-order valence-corrected chi connectivity index (χ3v) is 4.72. The van der Waals surface area contributed by atoms with E-state index in [4.69, 9.17) is 0 Å². The maximum atomic E-state index is 12.5. The summed E-state index contributed by atoms with van der Waals surface area (Å²) in [5.41, 5.74) is 2.95. The van der Waals surface area contributed by atoms with Gasteiger partial charge in [-0.3, -0.25) is 24.3 Å². The number of rotatable bonds is 6. The molecule has 3 heterocycles. The Bertz CT molecular complexity index is 912. The van der Waals surface area contributed by atoms with Crippen LogP contribution < -0.4 is 5.32 Å². The normalized spacial score (nSPS) is 17.0. The van der Waals surface area contributed by atoms with E-state index in [1.54, 1.807) is 41.5 Å². The molecule has 0 fully saturated rings. The molecule has 0 atom stereocenters. The summed E-state index contributed by atoms with van der Waals surface area (Å²) in [7, 11) is 1.47. The van der Waals surface area contributed by atoms with Crippen LogP contribution in [0.15, 0.2) is 61.0 Å². The maximum absolute atomic E-state index is 12.5. The predicted octanol–water partition coefficient (Wildman–Crippen LogP) is 2.12. The summed E-state index contributed by atoms with van der Waals surface area (Å²) in [6.07, 6.45) is 7.99. The Labute approximate surface area is 163 Å². The number of allylic oxidation sites excluding steroid dienone is 4. The van der Waals surface area contributed by atoms with E-state index in [0.29, 0.717) is 29.9 Å². The summed E-state index contributed by atoms with van der Waals surface area (Å²) in [4.78, 5) is 44.0. The molecule has 0 radical (unpaired) electrons. The zero-order chi connectivity index (χ0) is 20.3. The van der Waals surface area contributed by atoms with Gasteiger partial charge in [0.15, 0.2) is 0 Å². The summed E-state index contributed by atoms with van der Waals surface area (Å²) >= 11 is 0. The van der Waals surface area contributed by atoms with Gasteiger partial charge in [-0.2, -0.15) is 0 Å². The number of carbonyl (C=O) groups is 3. The van der Waals surface area contributed by atoms with Crippen LogP contribution in [0.3, 0.4) is 0 Å². The molecular weight excluding hydrogens is 356 g/mol. The van der Waals surface area contributed by atoms with Gasteiger partial charge in [0.1, 0.15) is 5.70 Å². The number of aromatic nitrogens is 1. The molecule has 0 aromatic carbocycles. The monoisotopic (exact) mass is 378 g/mol. The summed E-state index contributed by atoms with van der Waals surface area (Å²) in [5, 5.41) is 2.78. The second-order valence-corrected chi connectivity index (χ2v) is 6.56. The van der Waals surface area contributed by atoms with Crippen LogP contribution in [-0.2, 0) is 14.4 Å². The van der Waals surface area contributed by atoms with Crippen LogP contribution in [0.4, 0.5) is 5.69 Å². The lowest BCUT2D eigenvalue weighted by Gasteiger charge is -2.28. The minimum Gasteiger partial charge on any atom is -0.357 e. The SMILES string of the molecule is C=C/C=C(\C=C)c1ccc(NC(=O)CN2CCCC3=C2C(=O)N(C)C3=O)cn1. The first-order valence-corrected chi connectivity index (χ1v) is 8.98. The number of carbonyl (C=O) groups excluding carboxylic acids is 3. The van der Waals surface area contributed by atoms with Crippen molar-refractivity contribution in [3.05, 3.63) is 66.7 Å². The minimum absolute atomic E-state index is 0.00171. The fourth-order valence-corrected chi connectivity index (χ4v) is 3.35. The topological polar surface area (TPSA) is 82.6 Å². The van der Waals surface area contributed by atoms with E-state index in [9.17, 15) is 14.4 Å². The predicted molar refractivity (Wildman–Crippen MR) is 107 cm³/mol. The second-order valence-electron chi connectivity index (χ2n) is 6.56. The first kappa shape index (κ1) is 19.3. The third-order valence-electron chi connectivity index (χ3n) is 4.72. The Morgan fingerprint density at radius 3 is 2.71 bits per heavy atom. The van der Waals surface area contributed by atoms with Crippen LogP contribution in [-0.4, -0.2) is 52.6 Å². The van der Waals surface area contributed by atoms with Crippen molar-refractivity contribution in [1.29, 1.82) is 0 Å². The van der Waals surface area contributed by atoms with E-state index in [1.165, 1.54) is 7.05 Å². The van der Waals surface area contributed by atoms with Crippen LogP contribution in [0.25, 0.3) is 5.57 Å². The van der Waals surface area contributed by atoms with Gasteiger partial charge in [-0.15, -0.1) is 0 Å². The van der Waals surface area contributed by atoms with Crippen molar-refractivity contribution in [1.82, 2.24) is 14.8 Å². The summed E-state index contributed by atoms with van der Waals surface area (Å²) in [5.74, 6) is -0.886. The van der Waals surface area contributed by atoms with E-state index < -0.39 is 0 Å². The minimum atomic E-state index is -0.343. The fraction of sp³-hybridized carbons (Fsp3) is 0.238. The van der Waals surface area contributed by atoms with Gasteiger partial charge in [0.05, 0.1) is 24.1 Å². The van der Waals surface area contributed by atoms with E-state index in [0.717, 1.165) is 22.6 Å². The van der Waals surface area contributed by atoms with Crippen LogP contribution >= 0.6 is 0 Å². The van der Waals surface area contributed by atoms with Crippen LogP contribution in [0, 0.1) is 0 Å². The quantitative estimate of drug-likeness (QED) is 0.606. The number of anilines is 1. The highest BCUT2D eigenvalue weighted by Gasteiger charge is 2.40. The Balaban J connectivity index is 1.68. The molecule has 144 valence electrons. The van der Waals surface area contributed by atoms with Gasteiger partial charge in [-0.25, -0.2) is 0 Å². The molecule has 2 aliphatic heterocycles. The van der Waals surface area contributed by atoms with Crippen molar-refractivity contribution in [2.75, 3.05) is 25.5 Å². The molecule has 1 N–H and O–H groups in total. The molecule has 0 saturated heterocycles. The number of pyridine rings is 1. The van der Waals surface area contributed by atoms with Gasteiger partial charge >= 0.3 is 0 Å². The maximum Gasteiger partial charge on any atom is 0.277 e. The molecule has 0 aliphatic carbocycles. The van der Waals surface area contributed by atoms with Crippen molar-refractivity contribution >= 4 is 29.0 Å². The van der Waals surface area contributed by atoms with Gasteiger partial charge in [0.25, 0.3) is 11.8 Å². The molecule has 0 saturated carbocycles. The van der Waals surface area contributed by atoms with Crippen LogP contribution in [0.1, 0.15) is 18.5 Å². The lowest BCUT2D eigenvalue weighted by atomic mass is 10.0. The molecule has 28 heavy (non-hydrogen) atoms. The molecular formula is C21H22N4O3. The number of nitrogens with zero attached hydrogens (tertiary/aromatic N) is 3. The average molecular weight is 378 g/mol. The number of hydrogen-bond acceptors (Lipinski definition) is 5. The summed E-state index contributed by atoms with van der Waals surface area (Å²) in [6.45, 7) is 7.97. The number of hydrogen-bond donors (Lipinski definition) is 1. The molecule has 0 spiro atoms. The first-order chi connectivity index (χ1) is 13.5. The highest BCUT2D eigenvalue weighted by Crippen LogP contribution is 2.30. The standard InChI is InChI=1S/C21H22N4O3/c1-4-7-14(5-2)17-10-9-15(12-22-17)23-18(26)13-25-11-6-8-16-19(25)21(28)24(3)20(16)27/h4-5,7,9-10,12H,1-2,6,8,11,13H2,3H3,(H,23,26)/b14-7+. The lowest BCUT2D eigenvalue weighted by molar-refractivity contribution is -0.136. The molecule has 3 rings (SSSR count). The van der Waals surface area contributed by atoms with Crippen molar-refractivity contribution in [3.8, 4) is 0 Å². The smallest absolute Gasteiger partial charge is 0.277 e. The summed E-state index contributed by atoms with van der Waals surface area (Å²) in [6, 6.07) is 3.53. The Morgan fingerprint density at radius 2 is 2.07 bits per heavy atom. The van der Waals surface area contributed by atoms with Crippen molar-refractivity contribution in [2.24, 2.45) is 0 Å². The zero-order valence-electron chi connectivity index (χ0n) is 15.8. The first-order valence-electron chi connectivity index (χ1n) is 8.98. The number of amides is 3. The molecule has 0 bridgehead atoms. The lowest BCUT2D eigenvalue weighted by Crippen LogP contribution is -2.38. The van der Waals surface area contributed by atoms with E-state index >= 15 is 0 Å². The van der Waals surface area contributed by atoms with Gasteiger partial charge in [-0.1, -0.05) is 31.4 Å². The van der Waals surface area contributed by atoms with Crippen molar-refractivity contribution in [2.45, 2.75) is 12.8 Å². The van der Waals surface area contributed by atoms with Gasteiger partial charge in [0.2, 0.25) is 5.91 Å². The molecule has 2 aliphatic rings.